The van der Waals surface area contributed by atoms with Gasteiger partial charge in [0.1, 0.15) is 22.7 Å². The molecule has 1 amide bonds. The first-order valence-corrected chi connectivity index (χ1v) is 12.1. The molecule has 0 saturated carbocycles. The van der Waals surface area contributed by atoms with Crippen LogP contribution in [0.4, 0.5) is 0 Å². The van der Waals surface area contributed by atoms with E-state index in [0.717, 1.165) is 11.1 Å². The third kappa shape index (κ3) is 7.52. The van der Waals surface area contributed by atoms with Crippen LogP contribution in [0.25, 0.3) is 6.08 Å². The molecule has 0 spiro atoms. The molecule has 0 heterocycles. The van der Waals surface area contributed by atoms with E-state index in [0.29, 0.717) is 28.0 Å². The highest BCUT2D eigenvalue weighted by atomic mass is 127. The van der Waals surface area contributed by atoms with Crippen LogP contribution in [0, 0.1) is 3.57 Å². The van der Waals surface area contributed by atoms with Crippen molar-refractivity contribution in [2.45, 2.75) is 11.3 Å². The van der Waals surface area contributed by atoms with Crippen molar-refractivity contribution >= 4 is 50.9 Å². The summed E-state index contributed by atoms with van der Waals surface area (Å²) in [5.41, 5.74) is 1.53. The number of methoxy groups -OCH3 is 2. The van der Waals surface area contributed by atoms with Gasteiger partial charge in [0.15, 0.2) is 0 Å². The third-order valence-electron chi connectivity index (χ3n) is 4.26. The smallest absolute Gasteiger partial charge is 0.284 e. The molecule has 0 unspecified atom stereocenters. The van der Waals surface area contributed by atoms with Crippen LogP contribution in [-0.2, 0) is 21.2 Å². The Morgan fingerprint density at radius 3 is 2.56 bits per heavy atom. The molecule has 0 saturated heterocycles. The maximum Gasteiger partial charge on any atom is 0.284 e. The summed E-state index contributed by atoms with van der Waals surface area (Å²) < 4.78 is 39.7. The molecule has 0 bridgehead atoms. The average molecular weight is 571 g/mol. The summed E-state index contributed by atoms with van der Waals surface area (Å²) in [5, 5.41) is 2.80. The first-order valence-electron chi connectivity index (χ1n) is 9.59. The Hall–Kier alpha value is -2.60. The molecule has 0 aliphatic carbocycles. The molecule has 0 aliphatic rings. The van der Waals surface area contributed by atoms with Gasteiger partial charge in [-0.1, -0.05) is 6.07 Å². The molecule has 0 aromatic heterocycles. The van der Waals surface area contributed by atoms with Gasteiger partial charge in [-0.15, -0.1) is 4.40 Å². The molecule has 2 aromatic rings. The number of ether oxygens (including phenoxy) is 2. The first kappa shape index (κ1) is 25.7. The van der Waals surface area contributed by atoms with Crippen LogP contribution < -0.4 is 14.8 Å². The maximum absolute atomic E-state index is 12.5. The molecular weight excluding hydrogens is 545 g/mol. The summed E-state index contributed by atoms with van der Waals surface area (Å²) in [6.07, 6.45) is 4.81. The number of sulfonamides is 1. The third-order valence-corrected chi connectivity index (χ3v) is 6.83. The second-order valence-corrected chi connectivity index (χ2v) is 9.67. The van der Waals surface area contributed by atoms with Crippen molar-refractivity contribution in [1.82, 2.24) is 10.2 Å². The zero-order valence-electron chi connectivity index (χ0n) is 18.3. The fourth-order valence-electron chi connectivity index (χ4n) is 2.62. The number of rotatable bonds is 10. The van der Waals surface area contributed by atoms with Crippen LogP contribution in [0.1, 0.15) is 11.1 Å². The Morgan fingerprint density at radius 2 is 1.91 bits per heavy atom. The molecule has 0 radical (unpaired) electrons. The molecule has 2 aromatic carbocycles. The molecule has 10 heteroatoms. The first-order chi connectivity index (χ1) is 15.2. The quantitative estimate of drug-likeness (QED) is 0.204. The van der Waals surface area contributed by atoms with Crippen molar-refractivity contribution in [3.63, 3.8) is 0 Å². The van der Waals surface area contributed by atoms with Gasteiger partial charge in [-0.3, -0.25) is 4.79 Å². The second-order valence-electron chi connectivity index (χ2n) is 6.91. The number of halogens is 1. The number of carbonyl (C=O) groups excluding carboxylic acids is 1. The summed E-state index contributed by atoms with van der Waals surface area (Å²) in [4.78, 5) is 13.9. The van der Waals surface area contributed by atoms with Crippen molar-refractivity contribution in [3.05, 3.63) is 57.2 Å². The van der Waals surface area contributed by atoms with Crippen LogP contribution in [0.3, 0.4) is 0 Å². The van der Waals surface area contributed by atoms with E-state index in [2.05, 4.69) is 9.71 Å². The van der Waals surface area contributed by atoms with Crippen molar-refractivity contribution in [3.8, 4) is 11.5 Å². The number of hydrogen-bond acceptors (Lipinski definition) is 5. The normalized spacial score (nSPS) is 11.7. The Labute approximate surface area is 202 Å². The van der Waals surface area contributed by atoms with E-state index in [-0.39, 0.29) is 10.8 Å². The van der Waals surface area contributed by atoms with Crippen LogP contribution in [-0.4, -0.2) is 60.4 Å². The molecule has 0 atom stereocenters. The predicted octanol–water partition coefficient (Wildman–Crippen LogP) is 2.96. The van der Waals surface area contributed by atoms with E-state index >= 15 is 0 Å². The number of hydrogen-bond donors (Lipinski definition) is 1. The van der Waals surface area contributed by atoms with E-state index in [9.17, 15) is 13.2 Å². The molecule has 32 heavy (non-hydrogen) atoms. The summed E-state index contributed by atoms with van der Waals surface area (Å²) in [6.45, 7) is 0.351. The van der Waals surface area contributed by atoms with E-state index < -0.39 is 10.0 Å². The lowest BCUT2D eigenvalue weighted by Crippen LogP contribution is -2.23. The van der Waals surface area contributed by atoms with Gasteiger partial charge < -0.3 is 19.7 Å². The van der Waals surface area contributed by atoms with Gasteiger partial charge in [-0.2, -0.15) is 8.42 Å². The number of benzene rings is 2. The minimum Gasteiger partial charge on any atom is -0.497 e. The number of nitrogens with zero attached hydrogens (tertiary/aromatic N) is 2. The number of amides is 1. The minimum atomic E-state index is -3.80. The standard InChI is InChI=1S/C22H26IN3O5S/c1-26(2)15-25-32(28,29)21-13-16(5-9-19(21)23)11-12-24-22(27)10-7-17-6-8-18(30-3)14-20(17)31-4/h5-10,13-15H,11-12H2,1-4H3,(H,24,27). The Balaban J connectivity index is 2.00. The average Bonchev–Trinajstić information content (AvgIpc) is 2.77. The van der Waals surface area contributed by atoms with Crippen molar-refractivity contribution < 1.29 is 22.7 Å². The van der Waals surface area contributed by atoms with E-state index in [1.54, 1.807) is 69.6 Å². The van der Waals surface area contributed by atoms with E-state index in [1.165, 1.54) is 12.4 Å². The highest BCUT2D eigenvalue weighted by Gasteiger charge is 2.17. The van der Waals surface area contributed by atoms with Crippen molar-refractivity contribution in [2.24, 2.45) is 4.40 Å². The Bertz CT molecular complexity index is 1110. The zero-order valence-corrected chi connectivity index (χ0v) is 21.3. The number of nitrogens with one attached hydrogen (secondary N) is 1. The number of carbonyl (C=O) groups is 1. The topological polar surface area (TPSA) is 97.3 Å². The van der Waals surface area contributed by atoms with Crippen molar-refractivity contribution in [1.29, 1.82) is 0 Å². The fourth-order valence-corrected chi connectivity index (χ4v) is 4.84. The van der Waals surface area contributed by atoms with E-state index in [1.807, 2.05) is 28.7 Å². The summed E-state index contributed by atoms with van der Waals surface area (Å²) in [5.74, 6) is 0.990. The van der Waals surface area contributed by atoms with Crippen LogP contribution in [0.15, 0.2) is 51.8 Å². The second kappa shape index (κ2) is 11.9. The minimum absolute atomic E-state index is 0.145. The summed E-state index contributed by atoms with van der Waals surface area (Å²) in [6, 6.07) is 10.5. The predicted molar refractivity (Wildman–Crippen MR) is 134 cm³/mol. The monoisotopic (exact) mass is 571 g/mol. The molecular formula is C22H26IN3O5S. The summed E-state index contributed by atoms with van der Waals surface area (Å²) >= 11 is 1.97. The molecule has 172 valence electrons. The zero-order chi connectivity index (χ0) is 23.7. The highest BCUT2D eigenvalue weighted by Crippen LogP contribution is 2.25. The molecule has 0 fully saturated rings. The van der Waals surface area contributed by atoms with Gasteiger partial charge in [0.2, 0.25) is 5.91 Å². The van der Waals surface area contributed by atoms with Gasteiger partial charge in [-0.25, -0.2) is 0 Å². The van der Waals surface area contributed by atoms with Gasteiger partial charge in [-0.05, 0) is 64.9 Å². The van der Waals surface area contributed by atoms with Crippen LogP contribution >= 0.6 is 22.6 Å². The Morgan fingerprint density at radius 1 is 1.16 bits per heavy atom. The lowest BCUT2D eigenvalue weighted by Gasteiger charge is -2.08. The van der Waals surface area contributed by atoms with Gasteiger partial charge in [0.25, 0.3) is 10.0 Å². The molecule has 8 nitrogen and oxygen atoms in total. The summed E-state index contributed by atoms with van der Waals surface area (Å²) in [7, 11) is 2.71. The largest absolute Gasteiger partial charge is 0.497 e. The lowest BCUT2D eigenvalue weighted by atomic mass is 10.1. The van der Waals surface area contributed by atoms with Gasteiger partial charge in [0, 0.05) is 41.9 Å². The maximum atomic E-state index is 12.5. The Kier molecular flexibility index (Phi) is 9.51. The van der Waals surface area contributed by atoms with Gasteiger partial charge >= 0.3 is 0 Å². The van der Waals surface area contributed by atoms with Crippen LogP contribution in [0.5, 0.6) is 11.5 Å². The SMILES string of the molecule is COc1ccc(C=CC(=O)NCCc2ccc(I)c(S(=O)(=O)N=CN(C)C)c2)c(OC)c1. The van der Waals surface area contributed by atoms with E-state index in [4.69, 9.17) is 9.47 Å². The lowest BCUT2D eigenvalue weighted by molar-refractivity contribution is -0.116. The van der Waals surface area contributed by atoms with Gasteiger partial charge in [0.05, 0.1) is 14.2 Å². The fraction of sp³-hybridized carbons (Fsp3) is 0.273. The molecule has 0 aliphatic heterocycles. The highest BCUT2D eigenvalue weighted by molar-refractivity contribution is 14.1. The molecule has 1 N–H and O–H groups in total. The molecule has 2 rings (SSSR count). The van der Waals surface area contributed by atoms with Crippen molar-refractivity contribution in [2.75, 3.05) is 34.9 Å². The van der Waals surface area contributed by atoms with Crippen LogP contribution in [0.2, 0.25) is 0 Å².